The highest BCUT2D eigenvalue weighted by molar-refractivity contribution is 5.95. The Kier molecular flexibility index (Phi) is 7.05. The Morgan fingerprint density at radius 1 is 1.11 bits per heavy atom. The van der Waals surface area contributed by atoms with E-state index in [1.807, 2.05) is 6.07 Å². The summed E-state index contributed by atoms with van der Waals surface area (Å²) >= 11 is 0. The Balaban J connectivity index is 2.08. The van der Waals surface area contributed by atoms with Crippen LogP contribution in [0.4, 0.5) is 5.69 Å². The number of benzene rings is 2. The van der Waals surface area contributed by atoms with Crippen molar-refractivity contribution in [1.82, 2.24) is 5.43 Å². The average molecular weight is 371 g/mol. The number of carbonyl (C=O) groups is 1. The van der Waals surface area contributed by atoms with Gasteiger partial charge in [-0.15, -0.1) is 0 Å². The van der Waals surface area contributed by atoms with Gasteiger partial charge in [-0.1, -0.05) is 0 Å². The predicted octanol–water partition coefficient (Wildman–Crippen LogP) is 3.02. The van der Waals surface area contributed by atoms with Crippen molar-refractivity contribution in [1.29, 1.82) is 0 Å². The molecule has 2 rings (SSSR count). The van der Waals surface area contributed by atoms with Crippen molar-refractivity contribution in [3.63, 3.8) is 0 Å². The van der Waals surface area contributed by atoms with Crippen molar-refractivity contribution in [2.75, 3.05) is 32.2 Å². The molecule has 0 heterocycles. The van der Waals surface area contributed by atoms with Crippen molar-refractivity contribution in [3.8, 4) is 17.2 Å². The lowest BCUT2D eigenvalue weighted by molar-refractivity contribution is 0.0954. The molecule has 0 aliphatic carbocycles. The molecule has 7 heteroatoms. The van der Waals surface area contributed by atoms with E-state index < -0.39 is 5.91 Å². The van der Waals surface area contributed by atoms with Gasteiger partial charge in [0, 0.05) is 36.0 Å². The van der Waals surface area contributed by atoms with Crippen LogP contribution >= 0.6 is 0 Å². The van der Waals surface area contributed by atoms with E-state index in [2.05, 4.69) is 29.3 Å². The van der Waals surface area contributed by atoms with Crippen LogP contribution < -0.4 is 19.8 Å². The minimum absolute atomic E-state index is 0.100. The van der Waals surface area contributed by atoms with E-state index >= 15 is 0 Å². The maximum absolute atomic E-state index is 12.2. The van der Waals surface area contributed by atoms with E-state index in [0.717, 1.165) is 18.8 Å². The normalized spacial score (nSPS) is 10.7. The van der Waals surface area contributed by atoms with Gasteiger partial charge >= 0.3 is 0 Å². The Morgan fingerprint density at radius 3 is 2.41 bits per heavy atom. The summed E-state index contributed by atoms with van der Waals surface area (Å²) in [6, 6.07) is 10.2. The number of hydrogen-bond donors (Lipinski definition) is 2. The van der Waals surface area contributed by atoms with Crippen LogP contribution in [0.5, 0.6) is 17.2 Å². The topological polar surface area (TPSA) is 83.4 Å². The number of anilines is 1. The molecule has 0 fully saturated rings. The van der Waals surface area contributed by atoms with Crippen LogP contribution in [0.2, 0.25) is 0 Å². The summed E-state index contributed by atoms with van der Waals surface area (Å²) in [5.41, 5.74) is 4.26. The van der Waals surface area contributed by atoms with Crippen LogP contribution in [0, 0.1) is 0 Å². The summed E-state index contributed by atoms with van der Waals surface area (Å²) in [7, 11) is 3.03. The Hall–Kier alpha value is -3.22. The van der Waals surface area contributed by atoms with Gasteiger partial charge in [-0.3, -0.25) is 4.79 Å². The van der Waals surface area contributed by atoms with Gasteiger partial charge in [0.25, 0.3) is 5.91 Å². The molecule has 0 saturated carbocycles. The largest absolute Gasteiger partial charge is 0.507 e. The zero-order valence-corrected chi connectivity index (χ0v) is 16.0. The molecule has 0 spiro atoms. The molecule has 144 valence electrons. The summed E-state index contributed by atoms with van der Waals surface area (Å²) in [5, 5.41) is 14.1. The lowest BCUT2D eigenvalue weighted by atomic mass is 10.2. The van der Waals surface area contributed by atoms with E-state index in [4.69, 9.17) is 9.47 Å². The van der Waals surface area contributed by atoms with Crippen LogP contribution in [-0.4, -0.2) is 44.5 Å². The number of methoxy groups -OCH3 is 2. The highest BCUT2D eigenvalue weighted by Crippen LogP contribution is 2.27. The molecule has 1 amide bonds. The van der Waals surface area contributed by atoms with Crippen molar-refractivity contribution < 1.29 is 19.4 Å². The third-order valence-corrected chi connectivity index (χ3v) is 4.16. The lowest BCUT2D eigenvalue weighted by Crippen LogP contribution is -2.21. The molecular weight excluding hydrogens is 346 g/mol. The summed E-state index contributed by atoms with van der Waals surface area (Å²) in [4.78, 5) is 14.3. The fraction of sp³-hybridized carbons (Fsp3) is 0.300. The molecule has 2 N–H and O–H groups in total. The third kappa shape index (κ3) is 4.91. The SMILES string of the molecule is CCN(CC)c1ccc(/C=N/NC(=O)c2ccc(OC)c(OC)c2)c(O)c1. The molecule has 0 bridgehead atoms. The standard InChI is InChI=1S/C20H25N3O4/c1-5-23(6-2)16-9-7-15(17(24)12-16)13-21-22-20(25)14-8-10-18(26-3)19(11-14)27-4/h7-13,24H,5-6H2,1-4H3,(H,22,25)/b21-13+. The Morgan fingerprint density at radius 2 is 1.81 bits per heavy atom. The van der Waals surface area contributed by atoms with Gasteiger partial charge in [0.15, 0.2) is 11.5 Å². The van der Waals surface area contributed by atoms with E-state index in [9.17, 15) is 9.90 Å². The van der Waals surface area contributed by atoms with Gasteiger partial charge in [-0.05, 0) is 44.2 Å². The smallest absolute Gasteiger partial charge is 0.271 e. The molecular formula is C20H25N3O4. The number of phenolic OH excluding ortho intramolecular Hbond substituents is 1. The number of aromatic hydroxyl groups is 1. The van der Waals surface area contributed by atoms with E-state index in [1.165, 1.54) is 20.4 Å². The summed E-state index contributed by atoms with van der Waals surface area (Å²) in [6.07, 6.45) is 1.40. The predicted molar refractivity (Wildman–Crippen MR) is 106 cm³/mol. The highest BCUT2D eigenvalue weighted by atomic mass is 16.5. The second kappa shape index (κ2) is 9.47. The van der Waals surface area contributed by atoms with Crippen LogP contribution in [0.1, 0.15) is 29.8 Å². The quantitative estimate of drug-likeness (QED) is 0.550. The molecule has 2 aromatic rings. The van der Waals surface area contributed by atoms with Crippen LogP contribution in [0.15, 0.2) is 41.5 Å². The summed E-state index contributed by atoms with van der Waals surface area (Å²) < 4.78 is 10.3. The number of hydrogen-bond acceptors (Lipinski definition) is 6. The van der Waals surface area contributed by atoms with Crippen molar-refractivity contribution in [2.45, 2.75) is 13.8 Å². The summed E-state index contributed by atoms with van der Waals surface area (Å²) in [5.74, 6) is 0.699. The first-order valence-corrected chi connectivity index (χ1v) is 8.67. The minimum Gasteiger partial charge on any atom is -0.507 e. The number of amides is 1. The van der Waals surface area contributed by atoms with Gasteiger partial charge in [0.1, 0.15) is 5.75 Å². The number of carbonyl (C=O) groups excluding carboxylic acids is 1. The zero-order valence-electron chi connectivity index (χ0n) is 16.0. The molecule has 27 heavy (non-hydrogen) atoms. The van der Waals surface area contributed by atoms with E-state index in [1.54, 1.807) is 30.3 Å². The number of phenols is 1. The van der Waals surface area contributed by atoms with Crippen LogP contribution in [0.3, 0.4) is 0 Å². The second-order valence-corrected chi connectivity index (χ2v) is 5.68. The Bertz CT molecular complexity index is 817. The molecule has 0 aliphatic heterocycles. The second-order valence-electron chi connectivity index (χ2n) is 5.68. The highest BCUT2D eigenvalue weighted by Gasteiger charge is 2.10. The Labute approximate surface area is 159 Å². The number of nitrogens with one attached hydrogen (secondary N) is 1. The fourth-order valence-electron chi connectivity index (χ4n) is 2.63. The maximum Gasteiger partial charge on any atom is 0.271 e. The minimum atomic E-state index is -0.397. The average Bonchev–Trinajstić information content (AvgIpc) is 2.69. The van der Waals surface area contributed by atoms with E-state index in [0.29, 0.717) is 22.6 Å². The molecule has 0 aromatic heterocycles. The number of hydrazone groups is 1. The van der Waals surface area contributed by atoms with Gasteiger partial charge < -0.3 is 19.5 Å². The number of ether oxygens (including phenoxy) is 2. The third-order valence-electron chi connectivity index (χ3n) is 4.16. The van der Waals surface area contributed by atoms with E-state index in [-0.39, 0.29) is 5.75 Å². The molecule has 0 saturated heterocycles. The lowest BCUT2D eigenvalue weighted by Gasteiger charge is -2.21. The van der Waals surface area contributed by atoms with Crippen molar-refractivity contribution in [2.24, 2.45) is 5.10 Å². The van der Waals surface area contributed by atoms with Crippen LogP contribution in [-0.2, 0) is 0 Å². The first kappa shape index (κ1) is 20.1. The van der Waals surface area contributed by atoms with Gasteiger partial charge in [-0.25, -0.2) is 5.43 Å². The van der Waals surface area contributed by atoms with Crippen molar-refractivity contribution >= 4 is 17.8 Å². The molecule has 0 unspecified atom stereocenters. The van der Waals surface area contributed by atoms with Crippen LogP contribution in [0.25, 0.3) is 0 Å². The molecule has 7 nitrogen and oxygen atoms in total. The first-order chi connectivity index (χ1) is 13.0. The van der Waals surface area contributed by atoms with Gasteiger partial charge in [0.05, 0.1) is 20.4 Å². The van der Waals surface area contributed by atoms with Crippen molar-refractivity contribution in [3.05, 3.63) is 47.5 Å². The number of nitrogens with zero attached hydrogens (tertiary/aromatic N) is 2. The molecule has 0 atom stereocenters. The molecule has 2 aromatic carbocycles. The maximum atomic E-state index is 12.2. The monoisotopic (exact) mass is 371 g/mol. The molecule has 0 aliphatic rings. The molecule has 0 radical (unpaired) electrons. The fourth-order valence-corrected chi connectivity index (χ4v) is 2.63. The zero-order chi connectivity index (χ0) is 19.8. The summed E-state index contributed by atoms with van der Waals surface area (Å²) in [6.45, 7) is 5.81. The van der Waals surface area contributed by atoms with Gasteiger partial charge in [0.2, 0.25) is 0 Å². The number of rotatable bonds is 8. The van der Waals surface area contributed by atoms with Gasteiger partial charge in [-0.2, -0.15) is 5.10 Å². The first-order valence-electron chi connectivity index (χ1n) is 8.67.